The first-order chi connectivity index (χ1) is 14.6. The summed E-state index contributed by atoms with van der Waals surface area (Å²) in [5.41, 5.74) is -0.341. The SMILES string of the molecule is CC(=O)OC1CCC2(C)C(CCC3C2CCC2(C)C4CCC32OC(=O)C4CC(=O)O)C1. The van der Waals surface area contributed by atoms with Crippen molar-refractivity contribution < 1.29 is 29.0 Å². The Morgan fingerprint density at radius 2 is 1.77 bits per heavy atom. The number of esters is 2. The minimum Gasteiger partial charge on any atom is -0.481 e. The first-order valence-corrected chi connectivity index (χ1v) is 12.2. The minimum atomic E-state index is -0.906. The van der Waals surface area contributed by atoms with E-state index in [1.807, 2.05) is 0 Å². The third kappa shape index (κ3) is 2.85. The first-order valence-electron chi connectivity index (χ1n) is 12.2. The van der Waals surface area contributed by atoms with E-state index in [-0.39, 0.29) is 41.2 Å². The van der Waals surface area contributed by atoms with Gasteiger partial charge in [-0.25, -0.2) is 0 Å². The van der Waals surface area contributed by atoms with Crippen molar-refractivity contribution in [2.45, 2.75) is 96.7 Å². The summed E-state index contributed by atoms with van der Waals surface area (Å²) in [5, 5.41) is 9.38. The normalized spacial score (nSPS) is 50.5. The molecular formula is C25H36O6. The number of rotatable bonds is 3. The van der Waals surface area contributed by atoms with Gasteiger partial charge < -0.3 is 14.6 Å². The number of carboxylic acids is 1. The van der Waals surface area contributed by atoms with Crippen LogP contribution in [0.25, 0.3) is 0 Å². The van der Waals surface area contributed by atoms with Gasteiger partial charge in [-0.3, -0.25) is 14.4 Å². The molecule has 1 N–H and O–H groups in total. The Morgan fingerprint density at radius 1 is 1.03 bits per heavy atom. The van der Waals surface area contributed by atoms with Crippen LogP contribution in [0.3, 0.4) is 0 Å². The lowest BCUT2D eigenvalue weighted by molar-refractivity contribution is -0.254. The summed E-state index contributed by atoms with van der Waals surface area (Å²) in [6, 6.07) is 0. The van der Waals surface area contributed by atoms with Crippen LogP contribution in [0.4, 0.5) is 0 Å². The second kappa shape index (κ2) is 6.95. The predicted molar refractivity (Wildman–Crippen MR) is 112 cm³/mol. The van der Waals surface area contributed by atoms with Crippen LogP contribution < -0.4 is 0 Å². The van der Waals surface area contributed by atoms with E-state index in [4.69, 9.17) is 9.47 Å². The van der Waals surface area contributed by atoms with E-state index in [1.54, 1.807) is 0 Å². The quantitative estimate of drug-likeness (QED) is 0.667. The Balaban J connectivity index is 1.43. The van der Waals surface area contributed by atoms with Crippen LogP contribution in [0, 0.1) is 40.4 Å². The van der Waals surface area contributed by atoms with Crippen LogP contribution in [-0.2, 0) is 23.9 Å². The van der Waals surface area contributed by atoms with E-state index in [0.717, 1.165) is 57.8 Å². The molecule has 0 amide bonds. The zero-order valence-corrected chi connectivity index (χ0v) is 19.0. The second-order valence-corrected chi connectivity index (χ2v) is 11.6. The zero-order valence-electron chi connectivity index (χ0n) is 19.0. The van der Waals surface area contributed by atoms with Crippen LogP contribution in [-0.4, -0.2) is 34.7 Å². The van der Waals surface area contributed by atoms with Gasteiger partial charge in [0.2, 0.25) is 0 Å². The number of carbonyl (C=O) groups excluding carboxylic acids is 2. The Kier molecular flexibility index (Phi) is 4.77. The van der Waals surface area contributed by atoms with Gasteiger partial charge in [-0.05, 0) is 81.0 Å². The molecule has 172 valence electrons. The van der Waals surface area contributed by atoms with Crippen LogP contribution in [0.1, 0.15) is 85.0 Å². The molecule has 4 saturated carbocycles. The molecule has 9 unspecified atom stereocenters. The largest absolute Gasteiger partial charge is 0.481 e. The molecule has 0 aromatic carbocycles. The fourth-order valence-electron chi connectivity index (χ4n) is 9.26. The van der Waals surface area contributed by atoms with E-state index < -0.39 is 17.5 Å². The molecule has 0 spiro atoms. The summed E-state index contributed by atoms with van der Waals surface area (Å²) < 4.78 is 12.0. The van der Waals surface area contributed by atoms with Crippen molar-refractivity contribution in [3.05, 3.63) is 0 Å². The Bertz CT molecular complexity index is 808. The van der Waals surface area contributed by atoms with Crippen molar-refractivity contribution in [3.63, 3.8) is 0 Å². The van der Waals surface area contributed by atoms with Gasteiger partial charge in [-0.1, -0.05) is 13.8 Å². The Morgan fingerprint density at radius 3 is 2.48 bits per heavy atom. The van der Waals surface area contributed by atoms with Gasteiger partial charge in [0.1, 0.15) is 11.7 Å². The third-order valence-electron chi connectivity index (χ3n) is 10.6. The highest BCUT2D eigenvalue weighted by Gasteiger charge is 2.73. The highest BCUT2D eigenvalue weighted by molar-refractivity contribution is 5.81. The molecule has 1 heterocycles. The van der Waals surface area contributed by atoms with Crippen LogP contribution >= 0.6 is 0 Å². The van der Waals surface area contributed by atoms with Gasteiger partial charge in [-0.2, -0.15) is 0 Å². The van der Waals surface area contributed by atoms with Crippen molar-refractivity contribution in [2.24, 2.45) is 40.4 Å². The lowest BCUT2D eigenvalue weighted by atomic mass is 9.42. The summed E-state index contributed by atoms with van der Waals surface area (Å²) >= 11 is 0. The zero-order chi connectivity index (χ0) is 22.2. The fraction of sp³-hybridized carbons (Fsp3) is 0.880. The third-order valence-corrected chi connectivity index (χ3v) is 10.6. The van der Waals surface area contributed by atoms with Crippen molar-refractivity contribution in [3.8, 4) is 0 Å². The minimum absolute atomic E-state index is 0.0410. The number of ether oxygens (including phenoxy) is 2. The lowest BCUT2D eigenvalue weighted by Crippen LogP contribution is -2.66. The van der Waals surface area contributed by atoms with E-state index in [0.29, 0.717) is 17.8 Å². The Labute approximate surface area is 184 Å². The van der Waals surface area contributed by atoms with Crippen molar-refractivity contribution in [1.82, 2.24) is 0 Å². The van der Waals surface area contributed by atoms with Crippen LogP contribution in [0.15, 0.2) is 0 Å². The topological polar surface area (TPSA) is 89.9 Å². The average Bonchev–Trinajstić information content (AvgIpc) is 2.89. The summed E-state index contributed by atoms with van der Waals surface area (Å²) in [6.45, 7) is 6.22. The van der Waals surface area contributed by atoms with Gasteiger partial charge >= 0.3 is 17.9 Å². The van der Waals surface area contributed by atoms with Crippen molar-refractivity contribution in [1.29, 1.82) is 0 Å². The Hall–Kier alpha value is -1.59. The molecule has 0 radical (unpaired) electrons. The molecule has 4 aliphatic carbocycles. The van der Waals surface area contributed by atoms with E-state index >= 15 is 0 Å². The summed E-state index contributed by atoms with van der Waals surface area (Å²) in [5.74, 6) is -0.319. The number of fused-ring (bicyclic) bond motifs is 3. The maximum atomic E-state index is 13.0. The van der Waals surface area contributed by atoms with Crippen molar-refractivity contribution in [2.75, 3.05) is 0 Å². The van der Waals surface area contributed by atoms with Gasteiger partial charge in [0.15, 0.2) is 0 Å². The standard InChI is InChI=1S/C25H36O6/c1-14(26)30-16-6-9-23(2)15(12-16)4-5-20-19(23)7-10-24(3)18-8-11-25(20,24)31-22(29)17(18)13-21(27)28/h15-20H,4-13H2,1-3H3,(H,27,28). The molecule has 5 rings (SSSR count). The molecule has 5 fully saturated rings. The maximum Gasteiger partial charge on any atom is 0.310 e. The first kappa shape index (κ1) is 21.3. The highest BCUT2D eigenvalue weighted by atomic mass is 16.6. The van der Waals surface area contributed by atoms with E-state index in [2.05, 4.69) is 13.8 Å². The molecule has 5 aliphatic rings. The molecule has 31 heavy (non-hydrogen) atoms. The van der Waals surface area contributed by atoms with Crippen LogP contribution in [0.5, 0.6) is 0 Å². The lowest BCUT2D eigenvalue weighted by Gasteiger charge is -2.66. The number of hydrogen-bond acceptors (Lipinski definition) is 5. The monoisotopic (exact) mass is 432 g/mol. The number of hydrogen-bond donors (Lipinski definition) is 1. The number of aliphatic carboxylic acids is 1. The molecule has 6 heteroatoms. The highest BCUT2D eigenvalue weighted by Crippen LogP contribution is 2.72. The number of carboxylic acid groups (broad SMARTS) is 1. The van der Waals surface area contributed by atoms with Crippen molar-refractivity contribution >= 4 is 17.9 Å². The molecule has 1 saturated heterocycles. The molecular weight excluding hydrogens is 396 g/mol. The maximum absolute atomic E-state index is 13.0. The number of carbonyl (C=O) groups is 3. The summed E-state index contributed by atoms with van der Waals surface area (Å²) in [6.07, 6.45) is 8.93. The van der Waals surface area contributed by atoms with Gasteiger partial charge in [0.05, 0.1) is 12.3 Å². The summed E-state index contributed by atoms with van der Waals surface area (Å²) in [7, 11) is 0. The molecule has 2 bridgehead atoms. The average molecular weight is 433 g/mol. The van der Waals surface area contributed by atoms with Crippen LogP contribution in [0.2, 0.25) is 0 Å². The van der Waals surface area contributed by atoms with Gasteiger partial charge in [0.25, 0.3) is 0 Å². The molecule has 0 aromatic rings. The molecule has 0 aromatic heterocycles. The fourth-order valence-corrected chi connectivity index (χ4v) is 9.26. The molecule has 6 nitrogen and oxygen atoms in total. The van der Waals surface area contributed by atoms with E-state index in [9.17, 15) is 19.5 Å². The molecule has 1 aliphatic heterocycles. The van der Waals surface area contributed by atoms with E-state index in [1.165, 1.54) is 6.92 Å². The molecule has 9 atom stereocenters. The van der Waals surface area contributed by atoms with Gasteiger partial charge in [0, 0.05) is 18.3 Å². The van der Waals surface area contributed by atoms with Gasteiger partial charge in [-0.15, -0.1) is 0 Å². The summed E-state index contributed by atoms with van der Waals surface area (Å²) in [4.78, 5) is 35.9. The smallest absolute Gasteiger partial charge is 0.310 e. The second-order valence-electron chi connectivity index (χ2n) is 11.6. The predicted octanol–water partition coefficient (Wildman–Crippen LogP) is 4.35.